The number of ether oxygens (including phenoxy) is 1. The van der Waals surface area contributed by atoms with Gasteiger partial charge < -0.3 is 14.7 Å². The molecule has 0 aromatic heterocycles. The van der Waals surface area contributed by atoms with Gasteiger partial charge in [-0.2, -0.15) is 0 Å². The van der Waals surface area contributed by atoms with E-state index in [1.807, 2.05) is 0 Å². The zero-order chi connectivity index (χ0) is 15.1. The minimum atomic E-state index is -3.60. The first-order chi connectivity index (χ1) is 8.64. The average Bonchev–Trinajstić information content (AvgIpc) is 2.24. The molecule has 19 heavy (non-hydrogen) atoms. The van der Waals surface area contributed by atoms with E-state index >= 15 is 0 Å². The van der Waals surface area contributed by atoms with Crippen molar-refractivity contribution in [3.05, 3.63) is 0 Å². The molecule has 0 fully saturated rings. The van der Waals surface area contributed by atoms with Crippen molar-refractivity contribution in [2.24, 2.45) is 0 Å². The SMILES string of the molecule is CC(C)OCCS(=O)(=O)NCC(=O)N(C)CC(=O)O. The van der Waals surface area contributed by atoms with Crippen molar-refractivity contribution >= 4 is 21.9 Å². The Balaban J connectivity index is 4.09. The molecule has 0 aromatic rings. The van der Waals surface area contributed by atoms with Gasteiger partial charge in [-0.25, -0.2) is 13.1 Å². The molecular formula is C10H20N2O6S. The minimum absolute atomic E-state index is 0.0339. The van der Waals surface area contributed by atoms with Crippen molar-refractivity contribution in [3.63, 3.8) is 0 Å². The van der Waals surface area contributed by atoms with Gasteiger partial charge in [0.15, 0.2) is 0 Å². The standard InChI is InChI=1S/C10H20N2O6S/c1-8(2)18-4-5-19(16,17)11-6-9(13)12(3)7-10(14)15/h8,11H,4-7H2,1-3H3,(H,14,15). The van der Waals surface area contributed by atoms with Gasteiger partial charge in [-0.05, 0) is 13.8 Å². The highest BCUT2D eigenvalue weighted by Gasteiger charge is 2.16. The lowest BCUT2D eigenvalue weighted by molar-refractivity contribution is -0.143. The van der Waals surface area contributed by atoms with Crippen molar-refractivity contribution in [3.8, 4) is 0 Å². The molecule has 1 amide bonds. The van der Waals surface area contributed by atoms with Crippen LogP contribution >= 0.6 is 0 Å². The van der Waals surface area contributed by atoms with Gasteiger partial charge in [0.1, 0.15) is 6.54 Å². The maximum absolute atomic E-state index is 11.5. The molecular weight excluding hydrogens is 276 g/mol. The third-order valence-corrected chi connectivity index (χ3v) is 3.33. The Morgan fingerprint density at radius 1 is 1.37 bits per heavy atom. The van der Waals surface area contributed by atoms with Crippen molar-refractivity contribution in [2.75, 3.05) is 32.5 Å². The van der Waals surface area contributed by atoms with Crippen LogP contribution in [0.5, 0.6) is 0 Å². The fourth-order valence-electron chi connectivity index (χ4n) is 1.06. The topological polar surface area (TPSA) is 113 Å². The van der Waals surface area contributed by atoms with E-state index in [-0.39, 0.29) is 18.5 Å². The second kappa shape index (κ2) is 8.08. The summed E-state index contributed by atoms with van der Waals surface area (Å²) in [5.74, 6) is -2.03. The zero-order valence-electron chi connectivity index (χ0n) is 11.2. The van der Waals surface area contributed by atoms with Crippen LogP contribution in [0.15, 0.2) is 0 Å². The first-order valence-corrected chi connectivity index (χ1v) is 7.34. The molecule has 0 aliphatic carbocycles. The van der Waals surface area contributed by atoms with Crippen molar-refractivity contribution < 1.29 is 27.9 Å². The number of carbonyl (C=O) groups is 2. The average molecular weight is 296 g/mol. The first kappa shape index (κ1) is 17.8. The Morgan fingerprint density at radius 3 is 2.42 bits per heavy atom. The third kappa shape index (κ3) is 9.40. The zero-order valence-corrected chi connectivity index (χ0v) is 12.1. The summed E-state index contributed by atoms with van der Waals surface area (Å²) >= 11 is 0. The molecule has 0 aliphatic heterocycles. The molecule has 8 nitrogen and oxygen atoms in total. The Labute approximate surface area is 112 Å². The van der Waals surface area contributed by atoms with Crippen LogP contribution in [0.4, 0.5) is 0 Å². The minimum Gasteiger partial charge on any atom is -0.480 e. The molecule has 0 rings (SSSR count). The number of amides is 1. The Kier molecular flexibility index (Phi) is 7.57. The number of carboxylic acid groups (broad SMARTS) is 1. The highest BCUT2D eigenvalue weighted by atomic mass is 32.2. The summed E-state index contributed by atoms with van der Waals surface area (Å²) in [7, 11) is -2.32. The maximum atomic E-state index is 11.5. The molecule has 9 heteroatoms. The van der Waals surface area contributed by atoms with E-state index in [0.29, 0.717) is 0 Å². The normalized spacial score (nSPS) is 11.6. The third-order valence-electron chi connectivity index (χ3n) is 2.04. The van der Waals surface area contributed by atoms with Crippen molar-refractivity contribution in [1.82, 2.24) is 9.62 Å². The highest BCUT2D eigenvalue weighted by Crippen LogP contribution is 1.91. The van der Waals surface area contributed by atoms with Gasteiger partial charge in [0.25, 0.3) is 0 Å². The predicted octanol–water partition coefficient (Wildman–Crippen LogP) is -1.13. The Morgan fingerprint density at radius 2 is 1.95 bits per heavy atom. The van der Waals surface area contributed by atoms with E-state index in [1.54, 1.807) is 13.8 Å². The van der Waals surface area contributed by atoms with Crippen molar-refractivity contribution in [1.29, 1.82) is 0 Å². The van der Waals surface area contributed by atoms with Gasteiger partial charge >= 0.3 is 5.97 Å². The molecule has 0 saturated heterocycles. The monoisotopic (exact) mass is 296 g/mol. The summed E-state index contributed by atoms with van der Waals surface area (Å²) in [4.78, 5) is 22.7. The molecule has 0 atom stereocenters. The van der Waals surface area contributed by atoms with Gasteiger partial charge in [-0.3, -0.25) is 9.59 Å². The number of carbonyl (C=O) groups excluding carboxylic acids is 1. The fraction of sp³-hybridized carbons (Fsp3) is 0.800. The number of likely N-dealkylation sites (N-methyl/N-ethyl adjacent to an activating group) is 1. The summed E-state index contributed by atoms with van der Waals surface area (Å²) in [6.45, 7) is 2.66. The number of rotatable bonds is 9. The summed E-state index contributed by atoms with van der Waals surface area (Å²) in [5, 5.41) is 8.48. The van der Waals surface area contributed by atoms with Gasteiger partial charge in [0.05, 0.1) is 25.0 Å². The molecule has 2 N–H and O–H groups in total. The smallest absolute Gasteiger partial charge is 0.323 e. The van der Waals surface area contributed by atoms with Gasteiger partial charge in [0, 0.05) is 7.05 Å². The Hall–Kier alpha value is -1.19. The second-order valence-electron chi connectivity index (χ2n) is 4.20. The van der Waals surface area contributed by atoms with Crippen LogP contribution in [0.1, 0.15) is 13.8 Å². The predicted molar refractivity (Wildman–Crippen MR) is 68.2 cm³/mol. The van der Waals surface area contributed by atoms with E-state index in [2.05, 4.69) is 4.72 Å². The number of nitrogens with one attached hydrogen (secondary N) is 1. The van der Waals surface area contributed by atoms with E-state index in [9.17, 15) is 18.0 Å². The molecule has 0 saturated carbocycles. The van der Waals surface area contributed by atoms with E-state index in [1.165, 1.54) is 7.05 Å². The quantitative estimate of drug-likeness (QED) is 0.557. The number of carboxylic acids is 1. The van der Waals surface area contributed by atoms with Crippen LogP contribution in [-0.4, -0.2) is 68.9 Å². The van der Waals surface area contributed by atoms with Gasteiger partial charge in [-0.15, -0.1) is 0 Å². The number of nitrogens with zero attached hydrogens (tertiary/aromatic N) is 1. The lowest BCUT2D eigenvalue weighted by atomic mass is 10.5. The van der Waals surface area contributed by atoms with Gasteiger partial charge in [0.2, 0.25) is 15.9 Å². The largest absolute Gasteiger partial charge is 0.480 e. The van der Waals surface area contributed by atoms with Gasteiger partial charge in [-0.1, -0.05) is 0 Å². The van der Waals surface area contributed by atoms with Crippen LogP contribution in [0, 0.1) is 0 Å². The van der Waals surface area contributed by atoms with Crippen LogP contribution in [0.2, 0.25) is 0 Å². The molecule has 0 bridgehead atoms. The summed E-state index contributed by atoms with van der Waals surface area (Å²) in [6.07, 6.45) is -0.0708. The maximum Gasteiger partial charge on any atom is 0.323 e. The van der Waals surface area contributed by atoms with Crippen LogP contribution in [-0.2, 0) is 24.3 Å². The molecule has 0 aliphatic rings. The molecule has 0 aromatic carbocycles. The van der Waals surface area contributed by atoms with Crippen LogP contribution in [0.25, 0.3) is 0 Å². The Bertz CT molecular complexity index is 406. The lowest BCUT2D eigenvalue weighted by Gasteiger charge is -2.15. The second-order valence-corrected chi connectivity index (χ2v) is 6.13. The highest BCUT2D eigenvalue weighted by molar-refractivity contribution is 7.89. The number of sulfonamides is 1. The van der Waals surface area contributed by atoms with E-state index in [0.717, 1.165) is 4.90 Å². The molecule has 0 radical (unpaired) electrons. The number of hydrogen-bond donors (Lipinski definition) is 2. The summed E-state index contributed by atoms with van der Waals surface area (Å²) in [6, 6.07) is 0. The molecule has 0 unspecified atom stereocenters. The number of hydrogen-bond acceptors (Lipinski definition) is 5. The summed E-state index contributed by atoms with van der Waals surface area (Å²) < 4.78 is 30.2. The lowest BCUT2D eigenvalue weighted by Crippen LogP contribution is -2.41. The van der Waals surface area contributed by atoms with E-state index < -0.39 is 35.0 Å². The number of aliphatic carboxylic acids is 1. The molecule has 0 heterocycles. The van der Waals surface area contributed by atoms with Crippen LogP contribution in [0.3, 0.4) is 0 Å². The summed E-state index contributed by atoms with van der Waals surface area (Å²) in [5.41, 5.74) is 0. The van der Waals surface area contributed by atoms with Crippen molar-refractivity contribution in [2.45, 2.75) is 20.0 Å². The molecule has 0 spiro atoms. The van der Waals surface area contributed by atoms with Crippen LogP contribution < -0.4 is 4.72 Å². The fourth-order valence-corrected chi connectivity index (χ4v) is 1.87. The molecule has 112 valence electrons. The first-order valence-electron chi connectivity index (χ1n) is 5.68. The van der Waals surface area contributed by atoms with E-state index in [4.69, 9.17) is 9.84 Å².